The van der Waals surface area contributed by atoms with E-state index in [1.54, 1.807) is 31.5 Å². The Morgan fingerprint density at radius 2 is 2.29 bits per heavy atom. The Kier molecular flexibility index (Phi) is 3.95. The van der Waals surface area contributed by atoms with Crippen LogP contribution in [0, 0.1) is 0 Å². The molecule has 0 aliphatic carbocycles. The summed E-state index contributed by atoms with van der Waals surface area (Å²) in [5, 5.41) is 12.0. The van der Waals surface area contributed by atoms with Crippen molar-refractivity contribution in [3.05, 3.63) is 40.3 Å². The van der Waals surface area contributed by atoms with Crippen LogP contribution in [-0.4, -0.2) is 17.2 Å². The Labute approximate surface area is 103 Å². The molecule has 2 rings (SSSR count). The summed E-state index contributed by atoms with van der Waals surface area (Å²) in [4.78, 5) is 4.13. The van der Waals surface area contributed by atoms with Crippen LogP contribution in [-0.2, 0) is 13.2 Å². The van der Waals surface area contributed by atoms with E-state index in [9.17, 15) is 5.11 Å². The van der Waals surface area contributed by atoms with Crippen LogP contribution in [0.15, 0.2) is 29.8 Å². The Morgan fingerprint density at radius 1 is 1.41 bits per heavy atom. The SMILES string of the molecule is COc1ccc(CO)c(OCc2nccs2)c1. The molecule has 0 saturated heterocycles. The van der Waals surface area contributed by atoms with E-state index >= 15 is 0 Å². The molecule has 1 aromatic carbocycles. The summed E-state index contributed by atoms with van der Waals surface area (Å²) in [5.74, 6) is 1.33. The number of hydrogen-bond acceptors (Lipinski definition) is 5. The summed E-state index contributed by atoms with van der Waals surface area (Å²) < 4.78 is 10.7. The van der Waals surface area contributed by atoms with Crippen LogP contribution >= 0.6 is 11.3 Å². The molecule has 0 aliphatic rings. The highest BCUT2D eigenvalue weighted by molar-refractivity contribution is 7.09. The van der Waals surface area contributed by atoms with Crippen molar-refractivity contribution in [3.8, 4) is 11.5 Å². The van der Waals surface area contributed by atoms with Crippen LogP contribution in [0.4, 0.5) is 0 Å². The third kappa shape index (κ3) is 2.95. The molecule has 90 valence electrons. The molecule has 0 aliphatic heterocycles. The van der Waals surface area contributed by atoms with Crippen molar-refractivity contribution in [3.63, 3.8) is 0 Å². The first kappa shape index (κ1) is 11.9. The summed E-state index contributed by atoms with van der Waals surface area (Å²) in [6.45, 7) is 0.342. The smallest absolute Gasteiger partial charge is 0.140 e. The lowest BCUT2D eigenvalue weighted by atomic mass is 10.2. The minimum absolute atomic E-state index is 0.0583. The van der Waals surface area contributed by atoms with Gasteiger partial charge in [0.25, 0.3) is 0 Å². The van der Waals surface area contributed by atoms with E-state index < -0.39 is 0 Å². The van der Waals surface area contributed by atoms with Crippen LogP contribution in [0.5, 0.6) is 11.5 Å². The molecular formula is C12H13NO3S. The first-order chi connectivity index (χ1) is 8.33. The molecule has 0 unspecified atom stereocenters. The number of nitrogens with zero attached hydrogens (tertiary/aromatic N) is 1. The standard InChI is InChI=1S/C12H13NO3S/c1-15-10-3-2-9(7-14)11(6-10)16-8-12-13-4-5-17-12/h2-6,14H,7-8H2,1H3. The van der Waals surface area contributed by atoms with Crippen LogP contribution in [0.25, 0.3) is 0 Å². The predicted octanol–water partition coefficient (Wildman–Crippen LogP) is 2.22. The van der Waals surface area contributed by atoms with Gasteiger partial charge in [-0.15, -0.1) is 11.3 Å². The van der Waals surface area contributed by atoms with Gasteiger partial charge >= 0.3 is 0 Å². The van der Waals surface area contributed by atoms with Crippen molar-refractivity contribution in [1.29, 1.82) is 0 Å². The van der Waals surface area contributed by atoms with E-state index in [1.807, 2.05) is 5.38 Å². The zero-order valence-electron chi connectivity index (χ0n) is 9.42. The Bertz CT molecular complexity index is 471. The number of aromatic nitrogens is 1. The van der Waals surface area contributed by atoms with Crippen molar-refractivity contribution < 1.29 is 14.6 Å². The highest BCUT2D eigenvalue weighted by Crippen LogP contribution is 2.25. The third-order valence-electron chi connectivity index (χ3n) is 2.28. The average molecular weight is 251 g/mol. The van der Waals surface area contributed by atoms with Crippen molar-refractivity contribution in [2.24, 2.45) is 0 Å². The molecule has 1 N–H and O–H groups in total. The number of methoxy groups -OCH3 is 1. The number of aliphatic hydroxyl groups is 1. The second kappa shape index (κ2) is 5.65. The lowest BCUT2D eigenvalue weighted by Crippen LogP contribution is -1.99. The lowest BCUT2D eigenvalue weighted by Gasteiger charge is -2.10. The van der Waals surface area contributed by atoms with Gasteiger partial charge in [-0.2, -0.15) is 0 Å². The van der Waals surface area contributed by atoms with Crippen LogP contribution < -0.4 is 9.47 Å². The Balaban J connectivity index is 2.12. The highest BCUT2D eigenvalue weighted by atomic mass is 32.1. The highest BCUT2D eigenvalue weighted by Gasteiger charge is 2.06. The van der Waals surface area contributed by atoms with Gasteiger partial charge in [0, 0.05) is 23.2 Å². The molecule has 0 bridgehead atoms. The third-order valence-corrected chi connectivity index (χ3v) is 3.03. The van der Waals surface area contributed by atoms with Gasteiger partial charge in [-0.3, -0.25) is 0 Å². The molecule has 2 aromatic rings. The fourth-order valence-electron chi connectivity index (χ4n) is 1.39. The molecule has 0 radical (unpaired) electrons. The first-order valence-corrected chi connectivity index (χ1v) is 6.00. The summed E-state index contributed by atoms with van der Waals surface area (Å²) in [7, 11) is 1.60. The maximum Gasteiger partial charge on any atom is 0.140 e. The predicted molar refractivity (Wildman–Crippen MR) is 65.4 cm³/mol. The van der Waals surface area contributed by atoms with Gasteiger partial charge < -0.3 is 14.6 Å². The van der Waals surface area contributed by atoms with E-state index in [-0.39, 0.29) is 6.61 Å². The normalized spacial score (nSPS) is 10.2. The van der Waals surface area contributed by atoms with Crippen LogP contribution in [0.3, 0.4) is 0 Å². The number of thiazole rings is 1. The van der Waals surface area contributed by atoms with Gasteiger partial charge in [0.1, 0.15) is 23.1 Å². The van der Waals surface area contributed by atoms with E-state index in [4.69, 9.17) is 9.47 Å². The zero-order chi connectivity index (χ0) is 12.1. The van der Waals surface area contributed by atoms with Gasteiger partial charge in [0.05, 0.1) is 13.7 Å². The number of rotatable bonds is 5. The Hall–Kier alpha value is -1.59. The largest absolute Gasteiger partial charge is 0.497 e. The molecule has 17 heavy (non-hydrogen) atoms. The minimum atomic E-state index is -0.0583. The molecule has 4 nitrogen and oxygen atoms in total. The number of hydrogen-bond donors (Lipinski definition) is 1. The number of aliphatic hydroxyl groups excluding tert-OH is 1. The zero-order valence-corrected chi connectivity index (χ0v) is 10.2. The van der Waals surface area contributed by atoms with E-state index in [1.165, 1.54) is 11.3 Å². The fraction of sp³-hybridized carbons (Fsp3) is 0.250. The molecule has 0 spiro atoms. The van der Waals surface area contributed by atoms with E-state index in [2.05, 4.69) is 4.98 Å². The minimum Gasteiger partial charge on any atom is -0.497 e. The summed E-state index contributed by atoms with van der Waals surface area (Å²) >= 11 is 1.54. The van der Waals surface area contributed by atoms with Gasteiger partial charge in [0.15, 0.2) is 0 Å². The molecule has 1 aromatic heterocycles. The molecule has 0 fully saturated rings. The maximum absolute atomic E-state index is 9.21. The van der Waals surface area contributed by atoms with Crippen molar-refractivity contribution in [2.75, 3.05) is 7.11 Å². The molecule has 0 amide bonds. The van der Waals surface area contributed by atoms with Crippen LogP contribution in [0.1, 0.15) is 10.6 Å². The van der Waals surface area contributed by atoms with Gasteiger partial charge in [-0.1, -0.05) is 0 Å². The van der Waals surface area contributed by atoms with Crippen molar-refractivity contribution in [2.45, 2.75) is 13.2 Å². The fourth-order valence-corrected chi connectivity index (χ4v) is 1.92. The average Bonchev–Trinajstić information content (AvgIpc) is 2.89. The summed E-state index contributed by atoms with van der Waals surface area (Å²) in [6, 6.07) is 5.34. The van der Waals surface area contributed by atoms with Crippen molar-refractivity contribution in [1.82, 2.24) is 4.98 Å². The van der Waals surface area contributed by atoms with Gasteiger partial charge in [0.2, 0.25) is 0 Å². The summed E-state index contributed by atoms with van der Waals surface area (Å²) in [5.41, 5.74) is 0.738. The van der Waals surface area contributed by atoms with Crippen molar-refractivity contribution >= 4 is 11.3 Å². The van der Waals surface area contributed by atoms with E-state index in [0.717, 1.165) is 10.6 Å². The monoisotopic (exact) mass is 251 g/mol. The molecular weight excluding hydrogens is 238 g/mol. The van der Waals surface area contributed by atoms with Gasteiger partial charge in [-0.05, 0) is 12.1 Å². The van der Waals surface area contributed by atoms with Gasteiger partial charge in [-0.25, -0.2) is 4.98 Å². The molecule has 0 atom stereocenters. The quantitative estimate of drug-likeness (QED) is 0.885. The molecule has 0 saturated carbocycles. The van der Waals surface area contributed by atoms with E-state index in [0.29, 0.717) is 18.1 Å². The van der Waals surface area contributed by atoms with Crippen LogP contribution in [0.2, 0.25) is 0 Å². The lowest BCUT2D eigenvalue weighted by molar-refractivity contribution is 0.258. The number of ether oxygens (including phenoxy) is 2. The molecule has 1 heterocycles. The first-order valence-electron chi connectivity index (χ1n) is 5.12. The second-order valence-electron chi connectivity index (χ2n) is 3.35. The number of benzene rings is 1. The Morgan fingerprint density at radius 3 is 2.94 bits per heavy atom. The molecule has 5 heteroatoms. The topological polar surface area (TPSA) is 51.6 Å². The maximum atomic E-state index is 9.21. The summed E-state index contributed by atoms with van der Waals surface area (Å²) in [6.07, 6.45) is 1.74. The second-order valence-corrected chi connectivity index (χ2v) is 4.33.